The number of aromatic amines is 1. The van der Waals surface area contributed by atoms with Crippen LogP contribution in [0.15, 0.2) is 53.7 Å². The average Bonchev–Trinajstić information content (AvgIpc) is 3.65. The summed E-state index contributed by atoms with van der Waals surface area (Å²) >= 11 is 0. The van der Waals surface area contributed by atoms with Gasteiger partial charge in [-0.2, -0.15) is 5.10 Å². The van der Waals surface area contributed by atoms with E-state index in [9.17, 15) is 0 Å². The maximum atomic E-state index is 5.68. The SMILES string of the molecule is CON=C(c1n[nH]c2c1C=CC(c1ccccc1)(c1cc(OC)c(OC)c(OC)c1)C2)C1CC1. The molecule has 0 saturated heterocycles. The zero-order valence-corrected chi connectivity index (χ0v) is 19.9. The van der Waals surface area contributed by atoms with Crippen LogP contribution in [0.5, 0.6) is 17.2 Å². The van der Waals surface area contributed by atoms with E-state index >= 15 is 0 Å². The number of allylic oxidation sites excluding steroid dienone is 1. The van der Waals surface area contributed by atoms with Gasteiger partial charge >= 0.3 is 0 Å². The molecule has 1 atom stereocenters. The van der Waals surface area contributed by atoms with Crippen molar-refractivity contribution >= 4 is 11.8 Å². The van der Waals surface area contributed by atoms with Crippen molar-refractivity contribution in [2.24, 2.45) is 11.1 Å². The van der Waals surface area contributed by atoms with Crippen molar-refractivity contribution in [2.75, 3.05) is 28.4 Å². The second kappa shape index (κ2) is 8.89. The van der Waals surface area contributed by atoms with E-state index in [1.165, 1.54) is 0 Å². The zero-order chi connectivity index (χ0) is 23.7. The Bertz CT molecular complexity index is 1220. The molecule has 0 aliphatic heterocycles. The minimum atomic E-state index is -0.455. The molecule has 2 aliphatic carbocycles. The molecule has 1 unspecified atom stereocenters. The Hall–Kier alpha value is -3.74. The molecular formula is C27H29N3O4. The van der Waals surface area contributed by atoms with Crippen LogP contribution in [-0.2, 0) is 16.7 Å². The highest BCUT2D eigenvalue weighted by Gasteiger charge is 2.40. The number of nitrogens with one attached hydrogen (secondary N) is 1. The molecule has 1 aromatic heterocycles. The fraction of sp³-hybridized carbons (Fsp3) is 0.333. The Morgan fingerprint density at radius 1 is 0.971 bits per heavy atom. The molecular weight excluding hydrogens is 430 g/mol. The van der Waals surface area contributed by atoms with Gasteiger partial charge in [0, 0.05) is 29.0 Å². The van der Waals surface area contributed by atoms with E-state index in [4.69, 9.17) is 19.0 Å². The minimum absolute atomic E-state index is 0.414. The lowest BCUT2D eigenvalue weighted by atomic mass is 9.68. The lowest BCUT2D eigenvalue weighted by molar-refractivity contribution is 0.212. The van der Waals surface area contributed by atoms with E-state index in [0.717, 1.165) is 46.6 Å². The van der Waals surface area contributed by atoms with Crippen LogP contribution in [0, 0.1) is 5.92 Å². The monoisotopic (exact) mass is 459 g/mol. The van der Waals surface area contributed by atoms with Crippen molar-refractivity contribution in [1.29, 1.82) is 0 Å². The van der Waals surface area contributed by atoms with Crippen LogP contribution in [0.1, 0.15) is 40.9 Å². The Kier molecular flexibility index (Phi) is 5.77. The van der Waals surface area contributed by atoms with Gasteiger partial charge in [0.05, 0.1) is 21.3 Å². The molecule has 0 radical (unpaired) electrons. The molecule has 0 spiro atoms. The quantitative estimate of drug-likeness (QED) is 0.388. The van der Waals surface area contributed by atoms with E-state index in [-0.39, 0.29) is 0 Å². The highest BCUT2D eigenvalue weighted by Crippen LogP contribution is 2.47. The molecule has 7 nitrogen and oxygen atoms in total. The van der Waals surface area contributed by atoms with Gasteiger partial charge in [-0.1, -0.05) is 47.6 Å². The predicted octanol–water partition coefficient (Wildman–Crippen LogP) is 4.75. The number of ether oxygens (including phenoxy) is 3. The van der Waals surface area contributed by atoms with Gasteiger partial charge in [0.15, 0.2) is 11.5 Å². The first-order chi connectivity index (χ1) is 16.6. The van der Waals surface area contributed by atoms with Crippen LogP contribution in [0.2, 0.25) is 0 Å². The molecule has 2 aromatic carbocycles. The molecule has 3 aromatic rings. The highest BCUT2D eigenvalue weighted by molar-refractivity contribution is 6.04. The number of aromatic nitrogens is 2. The summed E-state index contributed by atoms with van der Waals surface area (Å²) in [6.45, 7) is 0. The number of nitrogens with zero attached hydrogens (tertiary/aromatic N) is 2. The van der Waals surface area contributed by atoms with Crippen molar-refractivity contribution in [3.05, 3.63) is 76.6 Å². The van der Waals surface area contributed by atoms with Gasteiger partial charge in [0.25, 0.3) is 0 Å². The normalized spacial score (nSPS) is 19.5. The Balaban J connectivity index is 1.67. The van der Waals surface area contributed by atoms with Gasteiger partial charge in [0.1, 0.15) is 18.5 Å². The van der Waals surface area contributed by atoms with Crippen molar-refractivity contribution in [3.63, 3.8) is 0 Å². The molecule has 0 bridgehead atoms. The maximum Gasteiger partial charge on any atom is 0.203 e. The summed E-state index contributed by atoms with van der Waals surface area (Å²) in [6.07, 6.45) is 7.34. The molecule has 1 saturated carbocycles. The topological polar surface area (TPSA) is 78.0 Å². The van der Waals surface area contributed by atoms with E-state index in [1.807, 2.05) is 18.2 Å². The first-order valence-corrected chi connectivity index (χ1v) is 11.4. The number of benzene rings is 2. The Labute approximate surface area is 199 Å². The largest absolute Gasteiger partial charge is 0.493 e. The maximum absolute atomic E-state index is 5.68. The van der Waals surface area contributed by atoms with Gasteiger partial charge < -0.3 is 19.0 Å². The number of oxime groups is 1. The van der Waals surface area contributed by atoms with Gasteiger partial charge in [0.2, 0.25) is 5.75 Å². The molecule has 34 heavy (non-hydrogen) atoms. The predicted molar refractivity (Wildman–Crippen MR) is 131 cm³/mol. The van der Waals surface area contributed by atoms with Crippen LogP contribution >= 0.6 is 0 Å². The third-order valence-electron chi connectivity index (χ3n) is 6.74. The first-order valence-electron chi connectivity index (χ1n) is 11.4. The van der Waals surface area contributed by atoms with Gasteiger partial charge in [-0.25, -0.2) is 0 Å². The first kappa shape index (κ1) is 22.1. The fourth-order valence-electron chi connectivity index (χ4n) is 4.86. The van der Waals surface area contributed by atoms with Crippen molar-refractivity contribution in [3.8, 4) is 17.2 Å². The van der Waals surface area contributed by atoms with Crippen LogP contribution in [0.4, 0.5) is 0 Å². The standard InChI is InChI=1S/C27H29N3O4/c1-31-22-14-19(15-23(32-2)26(22)33-3)27(18-8-6-5-7-9-18)13-12-20-21(16-27)28-29-25(20)24(30-34-4)17-10-11-17/h5-9,12-15,17H,10-11,16H2,1-4H3,(H,28,29). The van der Waals surface area contributed by atoms with Crippen LogP contribution in [-0.4, -0.2) is 44.3 Å². The van der Waals surface area contributed by atoms with E-state index in [2.05, 4.69) is 51.8 Å². The van der Waals surface area contributed by atoms with Crippen molar-refractivity contribution in [1.82, 2.24) is 10.2 Å². The van der Waals surface area contributed by atoms with Gasteiger partial charge in [-0.3, -0.25) is 5.10 Å². The van der Waals surface area contributed by atoms with Gasteiger partial charge in [-0.05, 0) is 36.1 Å². The molecule has 5 rings (SSSR count). The molecule has 1 heterocycles. The molecule has 176 valence electrons. The molecule has 7 heteroatoms. The van der Waals surface area contributed by atoms with E-state index < -0.39 is 5.41 Å². The molecule has 0 amide bonds. The summed E-state index contributed by atoms with van der Waals surface area (Å²) in [5, 5.41) is 12.3. The molecule has 1 fully saturated rings. The molecule has 2 aliphatic rings. The number of rotatable bonds is 8. The summed E-state index contributed by atoms with van der Waals surface area (Å²) in [5.74, 6) is 2.24. The highest BCUT2D eigenvalue weighted by atomic mass is 16.6. The minimum Gasteiger partial charge on any atom is -0.493 e. The number of hydrogen-bond acceptors (Lipinski definition) is 6. The average molecular weight is 460 g/mol. The summed E-state index contributed by atoms with van der Waals surface area (Å²) in [6, 6.07) is 14.5. The Morgan fingerprint density at radius 3 is 2.26 bits per heavy atom. The second-order valence-electron chi connectivity index (χ2n) is 8.66. The lowest BCUT2D eigenvalue weighted by Gasteiger charge is -2.35. The summed E-state index contributed by atoms with van der Waals surface area (Å²) < 4.78 is 16.9. The lowest BCUT2D eigenvalue weighted by Crippen LogP contribution is -2.31. The van der Waals surface area contributed by atoms with E-state index in [1.54, 1.807) is 28.4 Å². The second-order valence-corrected chi connectivity index (χ2v) is 8.66. The van der Waals surface area contributed by atoms with Gasteiger partial charge in [-0.15, -0.1) is 0 Å². The van der Waals surface area contributed by atoms with Crippen LogP contribution < -0.4 is 14.2 Å². The number of hydrogen-bond donors (Lipinski definition) is 1. The number of fused-ring (bicyclic) bond motifs is 1. The van der Waals surface area contributed by atoms with Crippen molar-refractivity contribution < 1.29 is 19.0 Å². The third-order valence-corrected chi connectivity index (χ3v) is 6.74. The summed E-state index contributed by atoms with van der Waals surface area (Å²) in [4.78, 5) is 5.14. The van der Waals surface area contributed by atoms with Crippen molar-refractivity contribution in [2.45, 2.75) is 24.7 Å². The summed E-state index contributed by atoms with van der Waals surface area (Å²) in [5.41, 5.74) is 5.67. The number of H-pyrrole nitrogens is 1. The zero-order valence-electron chi connectivity index (χ0n) is 19.9. The Morgan fingerprint density at radius 2 is 1.68 bits per heavy atom. The van der Waals surface area contributed by atoms with Crippen LogP contribution in [0.25, 0.3) is 6.08 Å². The number of methoxy groups -OCH3 is 3. The summed E-state index contributed by atoms with van der Waals surface area (Å²) in [7, 11) is 6.48. The molecule has 1 N–H and O–H groups in total. The third kappa shape index (κ3) is 3.61. The smallest absolute Gasteiger partial charge is 0.203 e. The fourth-order valence-corrected chi connectivity index (χ4v) is 4.86. The van der Waals surface area contributed by atoms with Crippen LogP contribution in [0.3, 0.4) is 0 Å². The van der Waals surface area contributed by atoms with E-state index in [0.29, 0.717) is 29.6 Å².